The highest BCUT2D eigenvalue weighted by molar-refractivity contribution is 5.85. The minimum Gasteiger partial charge on any atom is -0.355 e. The smallest absolute Gasteiger partial charge is 0.224 e. The number of hydrogen-bond acceptors (Lipinski definition) is 2. The minimum absolute atomic E-state index is 0. The number of piperidine rings is 1. The lowest BCUT2D eigenvalue weighted by Crippen LogP contribution is -2.43. The maximum atomic E-state index is 13.4. The second kappa shape index (κ2) is 7.71. The summed E-state index contributed by atoms with van der Waals surface area (Å²) in [6.45, 7) is 4.61. The number of nitrogens with one attached hydrogen (secondary N) is 2. The average molecular weight is 319 g/mol. The van der Waals surface area contributed by atoms with Crippen molar-refractivity contribution in [1.82, 2.24) is 10.6 Å². The molecule has 0 radical (unpaired) electrons. The number of amides is 1. The number of carbonyl (C=O) groups is 1. The summed E-state index contributed by atoms with van der Waals surface area (Å²) in [5.41, 5.74) is 0.180. The van der Waals surface area contributed by atoms with Gasteiger partial charge in [0.15, 0.2) is 0 Å². The SMILES string of the molecule is CC1(CNC(=O)Cc2cc(F)ccc2F)CCNCC1.Cl. The van der Waals surface area contributed by atoms with Gasteiger partial charge in [0.25, 0.3) is 0 Å². The van der Waals surface area contributed by atoms with Gasteiger partial charge in [0.1, 0.15) is 11.6 Å². The average Bonchev–Trinajstić information content (AvgIpc) is 2.42. The Morgan fingerprint density at radius 2 is 2.00 bits per heavy atom. The molecule has 21 heavy (non-hydrogen) atoms. The molecule has 6 heteroatoms. The van der Waals surface area contributed by atoms with Crippen molar-refractivity contribution in [3.05, 3.63) is 35.4 Å². The second-order valence-electron chi connectivity index (χ2n) is 5.75. The Kier molecular flexibility index (Phi) is 6.55. The molecule has 3 nitrogen and oxygen atoms in total. The van der Waals surface area contributed by atoms with E-state index in [4.69, 9.17) is 0 Å². The first-order valence-electron chi connectivity index (χ1n) is 6.90. The Bertz CT molecular complexity index is 491. The molecule has 1 fully saturated rings. The highest BCUT2D eigenvalue weighted by Gasteiger charge is 2.27. The van der Waals surface area contributed by atoms with Crippen molar-refractivity contribution in [2.75, 3.05) is 19.6 Å². The van der Waals surface area contributed by atoms with Gasteiger partial charge in [0, 0.05) is 12.1 Å². The third kappa shape index (κ3) is 5.25. The van der Waals surface area contributed by atoms with Crippen LogP contribution >= 0.6 is 12.4 Å². The number of halogens is 3. The Hall–Kier alpha value is -1.20. The lowest BCUT2D eigenvalue weighted by atomic mass is 9.81. The molecule has 0 spiro atoms. The van der Waals surface area contributed by atoms with E-state index in [1.807, 2.05) is 0 Å². The lowest BCUT2D eigenvalue weighted by molar-refractivity contribution is -0.121. The molecule has 1 aromatic rings. The van der Waals surface area contributed by atoms with Gasteiger partial charge in [-0.25, -0.2) is 8.78 Å². The Morgan fingerprint density at radius 3 is 2.67 bits per heavy atom. The molecule has 1 saturated heterocycles. The first-order chi connectivity index (χ1) is 9.48. The zero-order valence-electron chi connectivity index (χ0n) is 12.0. The van der Waals surface area contributed by atoms with Gasteiger partial charge >= 0.3 is 0 Å². The fraction of sp³-hybridized carbons (Fsp3) is 0.533. The van der Waals surface area contributed by atoms with Crippen LogP contribution < -0.4 is 10.6 Å². The fourth-order valence-electron chi connectivity index (χ4n) is 2.43. The van der Waals surface area contributed by atoms with Crippen LogP contribution in [0.3, 0.4) is 0 Å². The van der Waals surface area contributed by atoms with Crippen LogP contribution in [0.15, 0.2) is 18.2 Å². The molecule has 0 saturated carbocycles. The third-order valence-electron chi connectivity index (χ3n) is 3.88. The van der Waals surface area contributed by atoms with Gasteiger partial charge in [0.05, 0.1) is 6.42 Å². The predicted octanol–water partition coefficient (Wildman–Crippen LogP) is 2.44. The summed E-state index contributed by atoms with van der Waals surface area (Å²) in [5.74, 6) is -1.34. The maximum Gasteiger partial charge on any atom is 0.224 e. The summed E-state index contributed by atoms with van der Waals surface area (Å²) in [4.78, 5) is 11.8. The molecule has 118 valence electrons. The van der Waals surface area contributed by atoms with Crippen molar-refractivity contribution in [2.45, 2.75) is 26.2 Å². The first kappa shape index (κ1) is 17.9. The molecular formula is C15H21ClF2N2O. The van der Waals surface area contributed by atoms with Crippen molar-refractivity contribution < 1.29 is 13.6 Å². The molecule has 2 N–H and O–H groups in total. The molecule has 0 atom stereocenters. The summed E-state index contributed by atoms with van der Waals surface area (Å²) in [6, 6.07) is 3.17. The van der Waals surface area contributed by atoms with Crippen LogP contribution in [0.5, 0.6) is 0 Å². The first-order valence-corrected chi connectivity index (χ1v) is 6.90. The van der Waals surface area contributed by atoms with Crippen LogP contribution in [0.2, 0.25) is 0 Å². The third-order valence-corrected chi connectivity index (χ3v) is 3.88. The van der Waals surface area contributed by atoms with Crippen molar-refractivity contribution in [1.29, 1.82) is 0 Å². The molecule has 1 aliphatic rings. The van der Waals surface area contributed by atoms with E-state index in [0.717, 1.165) is 44.1 Å². The van der Waals surface area contributed by atoms with E-state index >= 15 is 0 Å². The van der Waals surface area contributed by atoms with E-state index in [0.29, 0.717) is 6.54 Å². The number of rotatable bonds is 4. The van der Waals surface area contributed by atoms with Gasteiger partial charge < -0.3 is 10.6 Å². The van der Waals surface area contributed by atoms with Crippen LogP contribution in [0.4, 0.5) is 8.78 Å². The molecule has 1 aromatic carbocycles. The number of hydrogen-bond donors (Lipinski definition) is 2. The number of benzene rings is 1. The van der Waals surface area contributed by atoms with Gasteiger partial charge in [-0.2, -0.15) is 0 Å². The molecule has 1 aliphatic heterocycles. The molecule has 0 aromatic heterocycles. The van der Waals surface area contributed by atoms with Crippen LogP contribution in [0.25, 0.3) is 0 Å². The number of carbonyl (C=O) groups excluding carboxylic acids is 1. The Labute approximate surface area is 129 Å². The van der Waals surface area contributed by atoms with Gasteiger partial charge in [-0.3, -0.25) is 4.79 Å². The molecule has 0 bridgehead atoms. The highest BCUT2D eigenvalue weighted by atomic mass is 35.5. The van der Waals surface area contributed by atoms with Crippen molar-refractivity contribution in [3.8, 4) is 0 Å². The fourth-order valence-corrected chi connectivity index (χ4v) is 2.43. The highest BCUT2D eigenvalue weighted by Crippen LogP contribution is 2.26. The van der Waals surface area contributed by atoms with Gasteiger partial charge in [0.2, 0.25) is 5.91 Å². The quantitative estimate of drug-likeness (QED) is 0.895. The van der Waals surface area contributed by atoms with E-state index in [1.54, 1.807) is 0 Å². The van der Waals surface area contributed by atoms with Crippen LogP contribution in [0.1, 0.15) is 25.3 Å². The Balaban J connectivity index is 0.00000220. The van der Waals surface area contributed by atoms with E-state index in [9.17, 15) is 13.6 Å². The zero-order chi connectivity index (χ0) is 14.6. The topological polar surface area (TPSA) is 41.1 Å². The summed E-state index contributed by atoms with van der Waals surface area (Å²) in [5, 5.41) is 6.11. The normalized spacial score (nSPS) is 16.9. The van der Waals surface area contributed by atoms with Crippen molar-refractivity contribution in [2.24, 2.45) is 5.41 Å². The lowest BCUT2D eigenvalue weighted by Gasteiger charge is -2.34. The molecular weight excluding hydrogens is 298 g/mol. The molecule has 1 heterocycles. The van der Waals surface area contributed by atoms with Gasteiger partial charge in [-0.1, -0.05) is 6.92 Å². The molecule has 2 rings (SSSR count). The van der Waals surface area contributed by atoms with E-state index in [1.165, 1.54) is 0 Å². The van der Waals surface area contributed by atoms with Crippen LogP contribution in [-0.4, -0.2) is 25.5 Å². The monoisotopic (exact) mass is 318 g/mol. The Morgan fingerprint density at radius 1 is 1.33 bits per heavy atom. The van der Waals surface area contributed by atoms with Crippen LogP contribution in [0, 0.1) is 17.0 Å². The zero-order valence-corrected chi connectivity index (χ0v) is 12.9. The van der Waals surface area contributed by atoms with E-state index < -0.39 is 11.6 Å². The van der Waals surface area contributed by atoms with Crippen LogP contribution in [-0.2, 0) is 11.2 Å². The summed E-state index contributed by atoms with van der Waals surface area (Å²) < 4.78 is 26.5. The summed E-state index contributed by atoms with van der Waals surface area (Å²) in [7, 11) is 0. The van der Waals surface area contributed by atoms with E-state index in [2.05, 4.69) is 17.6 Å². The summed E-state index contributed by atoms with van der Waals surface area (Å²) >= 11 is 0. The molecule has 1 amide bonds. The standard InChI is InChI=1S/C15H20F2N2O.ClH/c1-15(4-6-18-7-5-15)10-19-14(20)9-11-8-12(16)2-3-13(11)17;/h2-3,8,18H,4-7,9-10H2,1H3,(H,19,20);1H. The van der Waals surface area contributed by atoms with Gasteiger partial charge in [-0.05, 0) is 49.5 Å². The second-order valence-corrected chi connectivity index (χ2v) is 5.75. The van der Waals surface area contributed by atoms with Gasteiger partial charge in [-0.15, -0.1) is 12.4 Å². The molecule has 0 unspecified atom stereocenters. The van der Waals surface area contributed by atoms with Crippen molar-refractivity contribution in [3.63, 3.8) is 0 Å². The van der Waals surface area contributed by atoms with Crippen molar-refractivity contribution >= 4 is 18.3 Å². The van der Waals surface area contributed by atoms with E-state index in [-0.39, 0.29) is 35.7 Å². The summed E-state index contributed by atoms with van der Waals surface area (Å²) in [6.07, 6.45) is 1.88. The maximum absolute atomic E-state index is 13.4. The largest absolute Gasteiger partial charge is 0.355 e. The minimum atomic E-state index is -0.547. The molecule has 0 aliphatic carbocycles. The predicted molar refractivity (Wildman–Crippen MR) is 80.5 cm³/mol.